The van der Waals surface area contributed by atoms with Crippen molar-refractivity contribution in [1.82, 2.24) is 0 Å². The third-order valence-electron chi connectivity index (χ3n) is 5.54. The molecule has 0 bridgehead atoms. The smallest absolute Gasteiger partial charge is 0.147 e. The van der Waals surface area contributed by atoms with Gasteiger partial charge in [-0.2, -0.15) is 0 Å². The number of benzene rings is 2. The van der Waals surface area contributed by atoms with Gasteiger partial charge in [-0.25, -0.2) is 0 Å². The second kappa shape index (κ2) is 14.1. The van der Waals surface area contributed by atoms with Crippen molar-refractivity contribution in [2.24, 2.45) is 0 Å². The average Bonchev–Trinajstić information content (AvgIpc) is 2.76. The van der Waals surface area contributed by atoms with Gasteiger partial charge in [-0.05, 0) is 138 Å². The molecule has 2 nitrogen and oxygen atoms in total. The van der Waals surface area contributed by atoms with E-state index in [-0.39, 0.29) is 5.41 Å². The summed E-state index contributed by atoms with van der Waals surface area (Å²) < 4.78 is 15.9. The Morgan fingerprint density at radius 3 is 1.30 bits per heavy atom. The van der Waals surface area contributed by atoms with Crippen molar-refractivity contribution in [2.75, 3.05) is 13.2 Å². The summed E-state index contributed by atoms with van der Waals surface area (Å²) in [5.41, 5.74) is 2.12. The van der Waals surface area contributed by atoms with Gasteiger partial charge in [0.1, 0.15) is 11.5 Å². The summed E-state index contributed by atoms with van der Waals surface area (Å²) in [6.45, 7) is 13.4. The number of hydrogen-bond donors (Lipinski definition) is 0. The van der Waals surface area contributed by atoms with Gasteiger partial charge in [0, 0.05) is 5.41 Å². The first kappa shape index (κ1) is 28.7. The molecule has 6 heteroatoms. The maximum atomic E-state index is 6.04. The predicted molar refractivity (Wildman–Crippen MR) is 155 cm³/mol. The predicted octanol–water partition coefficient (Wildman–Crippen LogP) is 10.5. The Morgan fingerprint density at radius 2 is 1.00 bits per heavy atom. The highest BCUT2D eigenvalue weighted by atomic mass is 79.9. The van der Waals surface area contributed by atoms with E-state index < -0.39 is 0 Å². The van der Waals surface area contributed by atoms with Crippen LogP contribution >= 0.6 is 63.7 Å². The van der Waals surface area contributed by atoms with E-state index in [1.54, 1.807) is 0 Å². The van der Waals surface area contributed by atoms with E-state index in [0.717, 1.165) is 67.9 Å². The number of ether oxygens (including phenoxy) is 2. The van der Waals surface area contributed by atoms with Gasteiger partial charge in [0.15, 0.2) is 0 Å². The van der Waals surface area contributed by atoms with Crippen LogP contribution in [0, 0.1) is 0 Å². The molecular weight excluding hydrogens is 676 g/mol. The number of hydrogen-bond acceptors (Lipinski definition) is 2. The minimum Gasteiger partial charge on any atom is -0.491 e. The fourth-order valence-electron chi connectivity index (χ4n) is 3.41. The lowest BCUT2D eigenvalue weighted by atomic mass is 9.78. The van der Waals surface area contributed by atoms with Gasteiger partial charge in [-0.3, -0.25) is 0 Å². The molecule has 180 valence electrons. The summed E-state index contributed by atoms with van der Waals surface area (Å²) in [4.78, 5) is 0. The summed E-state index contributed by atoms with van der Waals surface area (Å²) in [5.74, 6) is 1.69. The molecule has 2 aromatic carbocycles. The molecule has 0 amide bonds. The lowest BCUT2D eigenvalue weighted by Crippen LogP contribution is -2.19. The fraction of sp³-hybridized carbons (Fsp3) is 0.407. The standard InChI is InChI=1S/C27H32Br4O2/c1-5-7-9-11-13-32-25-21(28)15-19(16-22(25)29)27(3,4)20-17-23(30)26(24(31)18-20)33-14-12-10-8-6-2/h5-6,15-18H,1-2,7-14H2,3-4H3. The Labute approximate surface area is 232 Å². The molecule has 0 unspecified atom stereocenters. The first-order valence-electron chi connectivity index (χ1n) is 11.2. The molecule has 0 aliphatic carbocycles. The van der Waals surface area contributed by atoms with Crippen LogP contribution in [-0.2, 0) is 5.41 Å². The average molecular weight is 708 g/mol. The van der Waals surface area contributed by atoms with Crippen LogP contribution in [0.15, 0.2) is 67.5 Å². The number of rotatable bonds is 14. The number of allylic oxidation sites excluding steroid dienone is 2. The van der Waals surface area contributed by atoms with Crippen molar-refractivity contribution in [1.29, 1.82) is 0 Å². The summed E-state index contributed by atoms with van der Waals surface area (Å²) in [7, 11) is 0. The Bertz CT molecular complexity index is 832. The second-order valence-corrected chi connectivity index (χ2v) is 11.8. The Hall–Kier alpha value is -0.560. The molecule has 0 heterocycles. The molecule has 0 aliphatic rings. The van der Waals surface area contributed by atoms with E-state index in [1.165, 1.54) is 11.1 Å². The third kappa shape index (κ3) is 8.26. The van der Waals surface area contributed by atoms with E-state index in [0.29, 0.717) is 13.2 Å². The van der Waals surface area contributed by atoms with Crippen LogP contribution in [0.3, 0.4) is 0 Å². The molecule has 0 radical (unpaired) electrons. The van der Waals surface area contributed by atoms with Gasteiger partial charge in [-0.1, -0.05) is 26.0 Å². The van der Waals surface area contributed by atoms with Crippen LogP contribution in [0.1, 0.15) is 63.5 Å². The second-order valence-electron chi connectivity index (χ2n) is 8.43. The van der Waals surface area contributed by atoms with Gasteiger partial charge < -0.3 is 9.47 Å². The molecule has 0 saturated heterocycles. The summed E-state index contributed by atoms with van der Waals surface area (Å²) in [6, 6.07) is 8.59. The first-order valence-corrected chi connectivity index (χ1v) is 14.4. The molecule has 0 aliphatic heterocycles. The van der Waals surface area contributed by atoms with Crippen molar-refractivity contribution in [2.45, 2.75) is 57.8 Å². The van der Waals surface area contributed by atoms with Gasteiger partial charge in [-0.15, -0.1) is 13.2 Å². The molecule has 0 N–H and O–H groups in total. The zero-order valence-corrected chi connectivity index (χ0v) is 25.7. The zero-order chi connectivity index (χ0) is 24.4. The molecule has 0 spiro atoms. The van der Waals surface area contributed by atoms with Crippen molar-refractivity contribution in [3.63, 3.8) is 0 Å². The molecule has 0 aromatic heterocycles. The quantitative estimate of drug-likeness (QED) is 0.144. The van der Waals surface area contributed by atoms with E-state index in [1.807, 2.05) is 12.2 Å². The van der Waals surface area contributed by atoms with Crippen molar-refractivity contribution < 1.29 is 9.47 Å². The van der Waals surface area contributed by atoms with Gasteiger partial charge in [0.2, 0.25) is 0 Å². The highest BCUT2D eigenvalue weighted by Gasteiger charge is 2.27. The van der Waals surface area contributed by atoms with Gasteiger partial charge in [0.25, 0.3) is 0 Å². The Balaban J connectivity index is 2.19. The lowest BCUT2D eigenvalue weighted by Gasteiger charge is -2.28. The number of unbranched alkanes of at least 4 members (excludes halogenated alkanes) is 4. The molecular formula is C27H32Br4O2. The van der Waals surface area contributed by atoms with Crippen LogP contribution in [0.5, 0.6) is 11.5 Å². The normalized spacial score (nSPS) is 11.3. The van der Waals surface area contributed by atoms with E-state index >= 15 is 0 Å². The monoisotopic (exact) mass is 704 g/mol. The fourth-order valence-corrected chi connectivity index (χ4v) is 6.24. The first-order chi connectivity index (χ1) is 15.7. The topological polar surface area (TPSA) is 18.5 Å². The highest BCUT2D eigenvalue weighted by molar-refractivity contribution is 9.11. The highest BCUT2D eigenvalue weighted by Crippen LogP contribution is 2.44. The molecule has 33 heavy (non-hydrogen) atoms. The maximum Gasteiger partial charge on any atom is 0.147 e. The van der Waals surface area contributed by atoms with E-state index in [4.69, 9.17) is 9.47 Å². The van der Waals surface area contributed by atoms with Crippen LogP contribution < -0.4 is 9.47 Å². The molecule has 0 saturated carbocycles. The molecule has 0 fully saturated rings. The Morgan fingerprint density at radius 1 is 0.667 bits per heavy atom. The van der Waals surface area contributed by atoms with Crippen LogP contribution in [-0.4, -0.2) is 13.2 Å². The Kier molecular flexibility index (Phi) is 12.3. The van der Waals surface area contributed by atoms with E-state index in [2.05, 4.69) is 115 Å². The molecule has 0 atom stereocenters. The van der Waals surface area contributed by atoms with Crippen molar-refractivity contribution in [3.05, 3.63) is 78.6 Å². The third-order valence-corrected chi connectivity index (χ3v) is 7.89. The zero-order valence-electron chi connectivity index (χ0n) is 19.4. The van der Waals surface area contributed by atoms with Gasteiger partial charge >= 0.3 is 0 Å². The maximum absolute atomic E-state index is 6.04. The lowest BCUT2D eigenvalue weighted by molar-refractivity contribution is 0.303. The summed E-state index contributed by atoms with van der Waals surface area (Å²) >= 11 is 14.9. The largest absolute Gasteiger partial charge is 0.491 e. The summed E-state index contributed by atoms with van der Waals surface area (Å²) in [6.07, 6.45) is 10.1. The van der Waals surface area contributed by atoms with E-state index in [9.17, 15) is 0 Å². The van der Waals surface area contributed by atoms with Crippen molar-refractivity contribution >= 4 is 63.7 Å². The number of halogens is 4. The SMILES string of the molecule is C=CCCCCOc1c(Br)cc(C(C)(C)c2cc(Br)c(OCCCCC=C)c(Br)c2)cc1Br. The molecule has 2 rings (SSSR count). The van der Waals surface area contributed by atoms with Crippen LogP contribution in [0.2, 0.25) is 0 Å². The minimum atomic E-state index is -0.235. The summed E-state index contributed by atoms with van der Waals surface area (Å²) in [5, 5.41) is 0. The van der Waals surface area contributed by atoms with Crippen LogP contribution in [0.25, 0.3) is 0 Å². The molecule has 2 aromatic rings. The minimum absolute atomic E-state index is 0.235. The van der Waals surface area contributed by atoms with Crippen LogP contribution in [0.4, 0.5) is 0 Å². The van der Waals surface area contributed by atoms with Gasteiger partial charge in [0.05, 0.1) is 31.1 Å². The van der Waals surface area contributed by atoms with Crippen molar-refractivity contribution in [3.8, 4) is 11.5 Å².